The highest BCUT2D eigenvalue weighted by Gasteiger charge is 2.21. The van der Waals surface area contributed by atoms with Crippen LogP contribution >= 0.6 is 15.9 Å². The normalized spacial score (nSPS) is 14.5. The molecule has 3 aromatic rings. The van der Waals surface area contributed by atoms with Gasteiger partial charge in [0.2, 0.25) is 0 Å². The Labute approximate surface area is 185 Å². The van der Waals surface area contributed by atoms with Crippen molar-refractivity contribution in [2.75, 3.05) is 23.3 Å². The number of hydrogen-bond donors (Lipinski definition) is 1. The zero-order valence-electron chi connectivity index (χ0n) is 17.0. The SMILES string of the molecule is Cc1ccc(NC(=O)c2ccc(N3CCC(Cc4ccccc4)CC3)nn2)c(Br)c1. The zero-order chi connectivity index (χ0) is 20.9. The lowest BCUT2D eigenvalue weighted by atomic mass is 9.90. The molecule has 4 rings (SSSR count). The van der Waals surface area contributed by atoms with Gasteiger partial charge in [-0.05, 0) is 83.4 Å². The lowest BCUT2D eigenvalue weighted by molar-refractivity contribution is 0.102. The molecule has 154 valence electrons. The first-order valence-corrected chi connectivity index (χ1v) is 11.1. The van der Waals surface area contributed by atoms with Gasteiger partial charge in [0.25, 0.3) is 5.91 Å². The predicted octanol–water partition coefficient (Wildman–Crippen LogP) is 5.26. The van der Waals surface area contributed by atoms with Crippen LogP contribution in [0.1, 0.15) is 34.5 Å². The molecule has 30 heavy (non-hydrogen) atoms. The highest BCUT2D eigenvalue weighted by Crippen LogP contribution is 2.25. The summed E-state index contributed by atoms with van der Waals surface area (Å²) in [6, 6.07) is 20.1. The van der Waals surface area contributed by atoms with E-state index in [1.54, 1.807) is 6.07 Å². The molecule has 0 saturated carbocycles. The van der Waals surface area contributed by atoms with Crippen LogP contribution in [-0.2, 0) is 6.42 Å². The van der Waals surface area contributed by atoms with Gasteiger partial charge in [0, 0.05) is 17.6 Å². The fourth-order valence-electron chi connectivity index (χ4n) is 3.84. The molecule has 0 radical (unpaired) electrons. The third-order valence-corrected chi connectivity index (χ3v) is 6.22. The number of aromatic nitrogens is 2. The zero-order valence-corrected chi connectivity index (χ0v) is 18.6. The summed E-state index contributed by atoms with van der Waals surface area (Å²) in [6.45, 7) is 3.94. The summed E-state index contributed by atoms with van der Waals surface area (Å²) in [5.41, 5.74) is 3.56. The second-order valence-electron chi connectivity index (χ2n) is 7.83. The second kappa shape index (κ2) is 9.39. The molecular weight excluding hydrogens is 440 g/mol. The average molecular weight is 465 g/mol. The fraction of sp³-hybridized carbons (Fsp3) is 0.292. The number of halogens is 1. The van der Waals surface area contributed by atoms with Gasteiger partial charge < -0.3 is 10.2 Å². The number of anilines is 2. The molecule has 1 aromatic heterocycles. The standard InChI is InChI=1S/C24H25BrN4O/c1-17-7-8-21(20(25)15-17)26-24(30)22-9-10-23(28-27-22)29-13-11-19(12-14-29)16-18-5-3-2-4-6-18/h2-10,15,19H,11-14,16H2,1H3,(H,26,30). The van der Waals surface area contributed by atoms with Crippen LogP contribution in [0.2, 0.25) is 0 Å². The molecule has 0 bridgehead atoms. The van der Waals surface area contributed by atoms with Crippen LogP contribution in [0.5, 0.6) is 0 Å². The van der Waals surface area contributed by atoms with Gasteiger partial charge in [0.1, 0.15) is 0 Å². The van der Waals surface area contributed by atoms with Crippen LogP contribution in [0.3, 0.4) is 0 Å². The number of carbonyl (C=O) groups is 1. The van der Waals surface area contributed by atoms with Crippen LogP contribution in [0.25, 0.3) is 0 Å². The molecule has 5 nitrogen and oxygen atoms in total. The molecule has 6 heteroatoms. The van der Waals surface area contributed by atoms with Crippen molar-refractivity contribution in [1.29, 1.82) is 0 Å². The molecule has 0 unspecified atom stereocenters. The summed E-state index contributed by atoms with van der Waals surface area (Å²) in [5.74, 6) is 1.27. The van der Waals surface area contributed by atoms with E-state index in [4.69, 9.17) is 0 Å². The largest absolute Gasteiger partial charge is 0.355 e. The number of piperidine rings is 1. The maximum atomic E-state index is 12.5. The summed E-state index contributed by atoms with van der Waals surface area (Å²) >= 11 is 3.48. The van der Waals surface area contributed by atoms with Crippen molar-refractivity contribution in [3.63, 3.8) is 0 Å². The Balaban J connectivity index is 1.33. The maximum absolute atomic E-state index is 12.5. The van der Waals surface area contributed by atoms with Crippen molar-refractivity contribution in [3.05, 3.63) is 82.0 Å². The van der Waals surface area contributed by atoms with Gasteiger partial charge in [0.05, 0.1) is 5.69 Å². The van der Waals surface area contributed by atoms with Crippen LogP contribution < -0.4 is 10.2 Å². The number of nitrogens with zero attached hydrogens (tertiary/aromatic N) is 3. The first-order chi connectivity index (χ1) is 14.6. The molecule has 2 aromatic carbocycles. The van der Waals surface area contributed by atoms with Gasteiger partial charge >= 0.3 is 0 Å². The number of nitrogens with one attached hydrogen (secondary N) is 1. The van der Waals surface area contributed by atoms with Crippen LogP contribution in [-0.4, -0.2) is 29.2 Å². The Morgan fingerprint density at radius 3 is 2.50 bits per heavy atom. The van der Waals surface area contributed by atoms with Crippen molar-refractivity contribution >= 4 is 33.3 Å². The van der Waals surface area contributed by atoms with Crippen molar-refractivity contribution < 1.29 is 4.79 Å². The van der Waals surface area contributed by atoms with Crippen molar-refractivity contribution in [3.8, 4) is 0 Å². The quantitative estimate of drug-likeness (QED) is 0.559. The van der Waals surface area contributed by atoms with E-state index in [-0.39, 0.29) is 5.91 Å². The molecule has 0 atom stereocenters. The minimum atomic E-state index is -0.264. The lowest BCUT2D eigenvalue weighted by Gasteiger charge is -2.32. The predicted molar refractivity (Wildman–Crippen MR) is 124 cm³/mol. The van der Waals surface area contributed by atoms with E-state index in [1.165, 1.54) is 5.56 Å². The smallest absolute Gasteiger partial charge is 0.276 e. The number of aryl methyl sites for hydroxylation is 1. The monoisotopic (exact) mass is 464 g/mol. The van der Waals surface area contributed by atoms with Gasteiger partial charge in [-0.3, -0.25) is 4.79 Å². The van der Waals surface area contributed by atoms with Crippen molar-refractivity contribution in [1.82, 2.24) is 10.2 Å². The third-order valence-electron chi connectivity index (χ3n) is 5.56. The summed E-state index contributed by atoms with van der Waals surface area (Å²) < 4.78 is 0.846. The first kappa shape index (κ1) is 20.5. The van der Waals surface area contributed by atoms with E-state index in [9.17, 15) is 4.79 Å². The highest BCUT2D eigenvalue weighted by molar-refractivity contribution is 9.10. The fourth-order valence-corrected chi connectivity index (χ4v) is 4.43. The Morgan fingerprint density at radius 2 is 1.83 bits per heavy atom. The maximum Gasteiger partial charge on any atom is 0.276 e. The van der Waals surface area contributed by atoms with E-state index in [0.29, 0.717) is 11.6 Å². The summed E-state index contributed by atoms with van der Waals surface area (Å²) in [4.78, 5) is 14.8. The molecule has 1 N–H and O–H groups in total. The molecule has 1 fully saturated rings. The van der Waals surface area contributed by atoms with Crippen LogP contribution in [0, 0.1) is 12.8 Å². The number of carbonyl (C=O) groups excluding carboxylic acids is 1. The van der Waals surface area contributed by atoms with Crippen molar-refractivity contribution in [2.45, 2.75) is 26.2 Å². The molecule has 0 aliphatic carbocycles. The number of hydrogen-bond acceptors (Lipinski definition) is 4. The topological polar surface area (TPSA) is 58.1 Å². The van der Waals surface area contributed by atoms with Gasteiger partial charge in [-0.15, -0.1) is 10.2 Å². The van der Waals surface area contributed by atoms with E-state index < -0.39 is 0 Å². The van der Waals surface area contributed by atoms with Gasteiger partial charge in [-0.25, -0.2) is 0 Å². The first-order valence-electron chi connectivity index (χ1n) is 10.3. The van der Waals surface area contributed by atoms with E-state index in [1.807, 2.05) is 31.2 Å². The second-order valence-corrected chi connectivity index (χ2v) is 8.69. The number of rotatable bonds is 5. The average Bonchev–Trinajstić information content (AvgIpc) is 2.77. The molecule has 1 aliphatic rings. The van der Waals surface area contributed by atoms with Crippen molar-refractivity contribution in [2.24, 2.45) is 5.92 Å². The van der Waals surface area contributed by atoms with E-state index >= 15 is 0 Å². The minimum Gasteiger partial charge on any atom is -0.355 e. The Hall–Kier alpha value is -2.73. The Kier molecular flexibility index (Phi) is 6.43. The lowest BCUT2D eigenvalue weighted by Crippen LogP contribution is -2.35. The summed E-state index contributed by atoms with van der Waals surface area (Å²) in [6.07, 6.45) is 3.41. The van der Waals surface area contributed by atoms with E-state index in [2.05, 4.69) is 66.7 Å². The summed E-state index contributed by atoms with van der Waals surface area (Å²) in [7, 11) is 0. The molecule has 1 amide bonds. The highest BCUT2D eigenvalue weighted by atomic mass is 79.9. The Morgan fingerprint density at radius 1 is 1.07 bits per heavy atom. The number of benzene rings is 2. The summed E-state index contributed by atoms with van der Waals surface area (Å²) in [5, 5.41) is 11.4. The molecule has 2 heterocycles. The molecule has 1 saturated heterocycles. The number of amides is 1. The van der Waals surface area contributed by atoms with Gasteiger partial charge in [0.15, 0.2) is 11.5 Å². The Bertz CT molecular complexity index is 999. The molecule has 1 aliphatic heterocycles. The van der Waals surface area contributed by atoms with Crippen LogP contribution in [0.15, 0.2) is 65.1 Å². The molecule has 0 spiro atoms. The molecular formula is C24H25BrN4O. The van der Waals surface area contributed by atoms with E-state index in [0.717, 1.165) is 53.9 Å². The minimum absolute atomic E-state index is 0.264. The van der Waals surface area contributed by atoms with Gasteiger partial charge in [-0.1, -0.05) is 36.4 Å². The third kappa shape index (κ3) is 5.05. The van der Waals surface area contributed by atoms with Gasteiger partial charge in [-0.2, -0.15) is 0 Å². The van der Waals surface area contributed by atoms with Crippen LogP contribution in [0.4, 0.5) is 11.5 Å².